The molecule has 3 nitrogen and oxygen atoms in total. The van der Waals surface area contributed by atoms with Crippen molar-refractivity contribution in [2.45, 2.75) is 20.0 Å². The van der Waals surface area contributed by atoms with E-state index >= 15 is 0 Å². The van der Waals surface area contributed by atoms with Crippen molar-refractivity contribution < 1.29 is 9.84 Å². The third-order valence-electron chi connectivity index (χ3n) is 2.99. The maximum absolute atomic E-state index is 10.2. The fraction of sp³-hybridized carbons (Fsp3) is 0.538. The normalized spacial score (nSPS) is 14.9. The molecule has 0 aliphatic rings. The van der Waals surface area contributed by atoms with Crippen LogP contribution in [-0.2, 0) is 0 Å². The minimum Gasteiger partial charge on any atom is -0.497 e. The predicted octanol–water partition coefficient (Wildman–Crippen LogP) is 1.96. The molecule has 0 spiro atoms. The Bertz CT molecular complexity index is 308. The van der Waals surface area contributed by atoms with Gasteiger partial charge in [0.1, 0.15) is 5.75 Å². The van der Waals surface area contributed by atoms with E-state index in [2.05, 4.69) is 13.8 Å². The molecule has 0 aliphatic heterocycles. The van der Waals surface area contributed by atoms with E-state index in [9.17, 15) is 5.11 Å². The van der Waals surface area contributed by atoms with Crippen LogP contribution in [0.3, 0.4) is 0 Å². The summed E-state index contributed by atoms with van der Waals surface area (Å²) in [6.45, 7) is 4.64. The number of ether oxygens (including phenoxy) is 1. The molecular formula is C13H21NO2. The number of benzene rings is 1. The lowest BCUT2D eigenvalue weighted by Gasteiger charge is -2.25. The first-order valence-electron chi connectivity index (χ1n) is 5.62. The predicted molar refractivity (Wildman–Crippen MR) is 65.3 cm³/mol. The van der Waals surface area contributed by atoms with Crippen LogP contribution in [0.25, 0.3) is 0 Å². The molecule has 0 saturated heterocycles. The highest BCUT2D eigenvalue weighted by Crippen LogP contribution is 2.28. The zero-order chi connectivity index (χ0) is 12.1. The van der Waals surface area contributed by atoms with Gasteiger partial charge in [-0.25, -0.2) is 0 Å². The molecule has 0 aromatic heterocycles. The minimum absolute atomic E-state index is 0.0911. The summed E-state index contributed by atoms with van der Waals surface area (Å²) in [5, 5.41) is 10.2. The third-order valence-corrected chi connectivity index (χ3v) is 2.99. The second kappa shape index (κ2) is 5.87. The highest BCUT2D eigenvalue weighted by Gasteiger charge is 2.22. The van der Waals surface area contributed by atoms with E-state index in [1.165, 1.54) is 0 Å². The summed E-state index contributed by atoms with van der Waals surface area (Å²) >= 11 is 0. The van der Waals surface area contributed by atoms with E-state index < -0.39 is 6.10 Å². The van der Waals surface area contributed by atoms with Crippen LogP contribution in [0.4, 0.5) is 0 Å². The highest BCUT2D eigenvalue weighted by molar-refractivity contribution is 5.28. The van der Waals surface area contributed by atoms with Gasteiger partial charge in [-0.15, -0.1) is 0 Å². The van der Waals surface area contributed by atoms with Crippen LogP contribution in [0.15, 0.2) is 24.3 Å². The van der Waals surface area contributed by atoms with Crippen molar-refractivity contribution in [1.29, 1.82) is 0 Å². The Kier molecular flexibility index (Phi) is 4.77. The molecular weight excluding hydrogens is 202 g/mol. The zero-order valence-electron chi connectivity index (χ0n) is 10.2. The molecule has 0 radical (unpaired) electrons. The smallest absolute Gasteiger partial charge is 0.118 e. The van der Waals surface area contributed by atoms with E-state index in [1.807, 2.05) is 24.3 Å². The number of aliphatic hydroxyl groups is 1. The standard InChI is InChI=1S/C13H21NO2/c1-9(2)12(8-14)13(15)10-4-6-11(16-3)7-5-10/h4-7,9,12-13,15H,8,14H2,1-3H3. The molecule has 3 N–H and O–H groups in total. The number of nitrogens with two attached hydrogens (primary N) is 1. The lowest BCUT2D eigenvalue weighted by atomic mass is 9.86. The van der Waals surface area contributed by atoms with Crippen LogP contribution in [0.1, 0.15) is 25.5 Å². The minimum atomic E-state index is -0.504. The van der Waals surface area contributed by atoms with Crippen LogP contribution in [0.2, 0.25) is 0 Å². The number of methoxy groups -OCH3 is 1. The van der Waals surface area contributed by atoms with E-state index in [0.717, 1.165) is 11.3 Å². The first-order chi connectivity index (χ1) is 7.60. The Morgan fingerprint density at radius 2 is 1.81 bits per heavy atom. The van der Waals surface area contributed by atoms with Crippen LogP contribution in [0, 0.1) is 11.8 Å². The van der Waals surface area contributed by atoms with Crippen molar-refractivity contribution in [3.05, 3.63) is 29.8 Å². The molecule has 90 valence electrons. The van der Waals surface area contributed by atoms with E-state index in [4.69, 9.17) is 10.5 Å². The lowest BCUT2D eigenvalue weighted by molar-refractivity contribution is 0.0861. The van der Waals surface area contributed by atoms with Crippen LogP contribution >= 0.6 is 0 Å². The SMILES string of the molecule is COc1ccc(C(O)C(CN)C(C)C)cc1. The fourth-order valence-corrected chi connectivity index (χ4v) is 1.81. The molecule has 0 fully saturated rings. The number of rotatable bonds is 5. The molecule has 16 heavy (non-hydrogen) atoms. The van der Waals surface area contributed by atoms with Crippen molar-refractivity contribution >= 4 is 0 Å². The molecule has 0 saturated carbocycles. The molecule has 0 amide bonds. The van der Waals surface area contributed by atoms with Gasteiger partial charge in [-0.3, -0.25) is 0 Å². The van der Waals surface area contributed by atoms with E-state index in [0.29, 0.717) is 12.5 Å². The monoisotopic (exact) mass is 223 g/mol. The van der Waals surface area contributed by atoms with Gasteiger partial charge in [-0.2, -0.15) is 0 Å². The Morgan fingerprint density at radius 1 is 1.25 bits per heavy atom. The van der Waals surface area contributed by atoms with Crippen molar-refractivity contribution in [2.75, 3.05) is 13.7 Å². The second-order valence-electron chi connectivity index (χ2n) is 4.36. The largest absolute Gasteiger partial charge is 0.497 e. The van der Waals surface area contributed by atoms with Gasteiger partial charge < -0.3 is 15.6 Å². The van der Waals surface area contributed by atoms with Gasteiger partial charge in [0.05, 0.1) is 13.2 Å². The van der Waals surface area contributed by atoms with E-state index in [-0.39, 0.29) is 5.92 Å². The maximum Gasteiger partial charge on any atom is 0.118 e. The quantitative estimate of drug-likeness (QED) is 0.802. The van der Waals surface area contributed by atoms with Gasteiger partial charge in [0.25, 0.3) is 0 Å². The molecule has 0 aliphatic carbocycles. The Morgan fingerprint density at radius 3 is 2.19 bits per heavy atom. The molecule has 1 rings (SSSR count). The average Bonchev–Trinajstić information content (AvgIpc) is 2.29. The average molecular weight is 223 g/mol. The lowest BCUT2D eigenvalue weighted by Crippen LogP contribution is -2.26. The second-order valence-corrected chi connectivity index (χ2v) is 4.36. The molecule has 1 aromatic rings. The highest BCUT2D eigenvalue weighted by atomic mass is 16.5. The Balaban J connectivity index is 2.82. The first kappa shape index (κ1) is 13.0. The van der Waals surface area contributed by atoms with E-state index in [1.54, 1.807) is 7.11 Å². The van der Waals surface area contributed by atoms with Gasteiger partial charge in [0.2, 0.25) is 0 Å². The summed E-state index contributed by atoms with van der Waals surface area (Å²) in [6.07, 6.45) is -0.504. The number of aliphatic hydroxyl groups excluding tert-OH is 1. The summed E-state index contributed by atoms with van der Waals surface area (Å²) in [5.74, 6) is 1.25. The van der Waals surface area contributed by atoms with Crippen LogP contribution < -0.4 is 10.5 Å². The fourth-order valence-electron chi connectivity index (χ4n) is 1.81. The molecule has 3 heteroatoms. The summed E-state index contributed by atoms with van der Waals surface area (Å²) in [6, 6.07) is 7.47. The Labute approximate surface area is 97.2 Å². The van der Waals surface area contributed by atoms with Gasteiger partial charge in [0, 0.05) is 5.92 Å². The summed E-state index contributed by atoms with van der Waals surface area (Å²) in [7, 11) is 1.63. The third kappa shape index (κ3) is 2.97. The van der Waals surface area contributed by atoms with Crippen LogP contribution in [-0.4, -0.2) is 18.8 Å². The number of hydrogen-bond acceptors (Lipinski definition) is 3. The van der Waals surface area contributed by atoms with Gasteiger partial charge in [-0.1, -0.05) is 26.0 Å². The van der Waals surface area contributed by atoms with Crippen LogP contribution in [0.5, 0.6) is 5.75 Å². The Hall–Kier alpha value is -1.06. The van der Waals surface area contributed by atoms with Crippen molar-refractivity contribution in [3.8, 4) is 5.75 Å². The number of hydrogen-bond donors (Lipinski definition) is 2. The molecule has 1 aromatic carbocycles. The van der Waals surface area contributed by atoms with Gasteiger partial charge in [0.15, 0.2) is 0 Å². The summed E-state index contributed by atoms with van der Waals surface area (Å²) in [4.78, 5) is 0. The molecule has 0 heterocycles. The zero-order valence-corrected chi connectivity index (χ0v) is 10.2. The molecule has 2 unspecified atom stereocenters. The van der Waals surface area contributed by atoms with Gasteiger partial charge in [-0.05, 0) is 30.2 Å². The first-order valence-corrected chi connectivity index (χ1v) is 5.62. The van der Waals surface area contributed by atoms with Crippen molar-refractivity contribution in [2.24, 2.45) is 17.6 Å². The molecule has 0 bridgehead atoms. The topological polar surface area (TPSA) is 55.5 Å². The summed E-state index contributed by atoms with van der Waals surface area (Å²) in [5.41, 5.74) is 6.58. The van der Waals surface area contributed by atoms with Gasteiger partial charge >= 0.3 is 0 Å². The molecule has 2 atom stereocenters. The van der Waals surface area contributed by atoms with Crippen molar-refractivity contribution in [1.82, 2.24) is 0 Å². The summed E-state index contributed by atoms with van der Waals surface area (Å²) < 4.78 is 5.08. The maximum atomic E-state index is 10.2. The van der Waals surface area contributed by atoms with Crippen molar-refractivity contribution in [3.63, 3.8) is 0 Å².